The van der Waals surface area contributed by atoms with Crippen LogP contribution in [0.4, 0.5) is 5.69 Å². The number of rotatable bonds is 5. The van der Waals surface area contributed by atoms with Crippen LogP contribution in [0.2, 0.25) is 0 Å². The van der Waals surface area contributed by atoms with Crippen LogP contribution in [0.5, 0.6) is 0 Å². The second-order valence-electron chi connectivity index (χ2n) is 6.70. The fourth-order valence-electron chi connectivity index (χ4n) is 3.29. The van der Waals surface area contributed by atoms with Gasteiger partial charge in [0.1, 0.15) is 5.76 Å². The lowest BCUT2D eigenvalue weighted by Gasteiger charge is -2.18. The first-order chi connectivity index (χ1) is 10.8. The van der Waals surface area contributed by atoms with Crippen molar-refractivity contribution in [1.29, 1.82) is 0 Å². The van der Waals surface area contributed by atoms with Crippen molar-refractivity contribution in [1.82, 2.24) is 10.5 Å². The fourth-order valence-corrected chi connectivity index (χ4v) is 3.29. The highest BCUT2D eigenvalue weighted by molar-refractivity contribution is 5.47. The van der Waals surface area contributed by atoms with E-state index in [9.17, 15) is 0 Å². The fraction of sp³-hybridized carbons (Fsp3) is 0.500. The molecule has 2 heterocycles. The van der Waals surface area contributed by atoms with Crippen LogP contribution in [-0.4, -0.2) is 24.3 Å². The summed E-state index contributed by atoms with van der Waals surface area (Å²) in [7, 11) is 0. The number of hydrogen-bond donors (Lipinski definition) is 1. The Morgan fingerprint density at radius 3 is 2.82 bits per heavy atom. The van der Waals surface area contributed by atoms with Gasteiger partial charge in [-0.25, -0.2) is 0 Å². The highest BCUT2D eigenvalue weighted by atomic mass is 16.5. The molecule has 22 heavy (non-hydrogen) atoms. The van der Waals surface area contributed by atoms with E-state index in [4.69, 9.17) is 4.52 Å². The number of nitrogens with one attached hydrogen (secondary N) is 1. The Morgan fingerprint density at radius 1 is 1.23 bits per heavy atom. The molecule has 1 aliphatic heterocycles. The summed E-state index contributed by atoms with van der Waals surface area (Å²) in [4.78, 5) is 2.46. The zero-order valence-corrected chi connectivity index (χ0v) is 13.0. The molecule has 1 aromatic carbocycles. The number of hydrogen-bond acceptors (Lipinski definition) is 4. The monoisotopic (exact) mass is 297 g/mol. The van der Waals surface area contributed by atoms with Crippen LogP contribution in [-0.2, 0) is 6.54 Å². The second-order valence-corrected chi connectivity index (χ2v) is 6.70. The van der Waals surface area contributed by atoms with Crippen molar-refractivity contribution < 1.29 is 4.52 Å². The summed E-state index contributed by atoms with van der Waals surface area (Å²) in [5.74, 6) is 2.34. The molecule has 116 valence electrons. The summed E-state index contributed by atoms with van der Waals surface area (Å²) in [5.41, 5.74) is 2.35. The molecular formula is C18H23N3O. The first-order valence-corrected chi connectivity index (χ1v) is 8.28. The van der Waals surface area contributed by atoms with E-state index >= 15 is 0 Å². The third-order valence-electron chi connectivity index (χ3n) is 4.84. The quantitative estimate of drug-likeness (QED) is 0.920. The Bertz CT molecular complexity index is 620. The van der Waals surface area contributed by atoms with Crippen molar-refractivity contribution in [3.05, 3.63) is 47.9 Å². The van der Waals surface area contributed by atoms with Gasteiger partial charge in [-0.2, -0.15) is 0 Å². The minimum absolute atomic E-state index is 0.501. The molecule has 0 amide bonds. The van der Waals surface area contributed by atoms with Gasteiger partial charge in [0.05, 0.1) is 5.69 Å². The van der Waals surface area contributed by atoms with E-state index in [1.54, 1.807) is 0 Å². The molecule has 1 aromatic heterocycles. The summed E-state index contributed by atoms with van der Waals surface area (Å²) in [6.07, 6.45) is 2.52. The van der Waals surface area contributed by atoms with Crippen LogP contribution in [0.1, 0.15) is 37.1 Å². The molecule has 1 aliphatic carbocycles. The summed E-state index contributed by atoms with van der Waals surface area (Å²) in [6.45, 7) is 5.28. The van der Waals surface area contributed by atoms with Crippen molar-refractivity contribution in [2.75, 3.05) is 18.0 Å². The molecule has 2 aliphatic rings. The summed E-state index contributed by atoms with van der Waals surface area (Å²) in [6, 6.07) is 13.3. The molecule has 1 saturated heterocycles. The first kappa shape index (κ1) is 13.8. The van der Waals surface area contributed by atoms with Crippen LogP contribution < -0.4 is 10.2 Å². The van der Waals surface area contributed by atoms with Gasteiger partial charge in [-0.3, -0.25) is 0 Å². The molecule has 2 fully saturated rings. The predicted octanol–water partition coefficient (Wildman–Crippen LogP) is 3.17. The van der Waals surface area contributed by atoms with Crippen molar-refractivity contribution in [2.24, 2.45) is 5.92 Å². The molecule has 4 heteroatoms. The maximum atomic E-state index is 5.42. The third-order valence-corrected chi connectivity index (χ3v) is 4.84. The Balaban J connectivity index is 1.34. The van der Waals surface area contributed by atoms with Gasteiger partial charge in [0.15, 0.2) is 0 Å². The number of benzene rings is 1. The lowest BCUT2D eigenvalue weighted by Crippen LogP contribution is -2.35. The Hall–Kier alpha value is -1.81. The molecular weight excluding hydrogens is 274 g/mol. The van der Waals surface area contributed by atoms with E-state index in [-0.39, 0.29) is 0 Å². The van der Waals surface area contributed by atoms with Crippen molar-refractivity contribution in [3.63, 3.8) is 0 Å². The molecule has 1 N–H and O–H groups in total. The van der Waals surface area contributed by atoms with Crippen LogP contribution >= 0.6 is 0 Å². The largest absolute Gasteiger partial charge is 0.370 e. The zero-order chi connectivity index (χ0) is 14.9. The van der Waals surface area contributed by atoms with Crippen molar-refractivity contribution in [2.45, 2.75) is 38.3 Å². The van der Waals surface area contributed by atoms with Crippen molar-refractivity contribution >= 4 is 5.69 Å². The minimum Gasteiger partial charge on any atom is -0.370 e. The SMILES string of the molecule is C[C@H]1CN(c2ccccc2)C[C@H]1NCc1cc(C2CC2)on1. The molecule has 1 saturated carbocycles. The van der Waals surface area contributed by atoms with E-state index < -0.39 is 0 Å². The topological polar surface area (TPSA) is 41.3 Å². The van der Waals surface area contributed by atoms with Gasteiger partial charge >= 0.3 is 0 Å². The predicted molar refractivity (Wildman–Crippen MR) is 86.9 cm³/mol. The van der Waals surface area contributed by atoms with Crippen LogP contribution in [0.15, 0.2) is 40.9 Å². The Kier molecular flexibility index (Phi) is 3.62. The average Bonchev–Trinajstić information content (AvgIpc) is 3.17. The van der Waals surface area contributed by atoms with Gasteiger partial charge in [0.2, 0.25) is 0 Å². The molecule has 2 atom stereocenters. The molecule has 4 nitrogen and oxygen atoms in total. The molecule has 0 unspecified atom stereocenters. The van der Waals surface area contributed by atoms with Crippen LogP contribution in [0.25, 0.3) is 0 Å². The first-order valence-electron chi connectivity index (χ1n) is 8.28. The van der Waals surface area contributed by atoms with Crippen molar-refractivity contribution in [3.8, 4) is 0 Å². The van der Waals surface area contributed by atoms with E-state index in [0.717, 1.165) is 31.1 Å². The Morgan fingerprint density at radius 2 is 2.05 bits per heavy atom. The highest BCUT2D eigenvalue weighted by Crippen LogP contribution is 2.40. The number of anilines is 1. The zero-order valence-electron chi connectivity index (χ0n) is 13.0. The number of aromatic nitrogens is 1. The molecule has 4 rings (SSSR count). The summed E-state index contributed by atoms with van der Waals surface area (Å²) in [5, 5.41) is 7.85. The van der Waals surface area contributed by atoms with Gasteiger partial charge in [-0.1, -0.05) is 30.3 Å². The standard InChI is InChI=1S/C18H23N3O/c1-13-11-21(16-5-3-2-4-6-16)12-17(13)19-10-15-9-18(22-20-15)14-7-8-14/h2-6,9,13-14,17,19H,7-8,10-12H2,1H3/t13-,17+/m0/s1. The molecule has 0 bridgehead atoms. The van der Waals surface area contributed by atoms with E-state index in [1.165, 1.54) is 18.5 Å². The van der Waals surface area contributed by atoms with Gasteiger partial charge in [0, 0.05) is 43.3 Å². The van der Waals surface area contributed by atoms with E-state index in [0.29, 0.717) is 17.9 Å². The second kappa shape index (κ2) is 5.76. The Labute approximate surface area is 131 Å². The number of para-hydroxylation sites is 1. The van der Waals surface area contributed by atoms with Gasteiger partial charge in [-0.05, 0) is 30.9 Å². The van der Waals surface area contributed by atoms with E-state index in [2.05, 4.69) is 58.7 Å². The van der Waals surface area contributed by atoms with Gasteiger partial charge in [0.25, 0.3) is 0 Å². The number of nitrogens with zero attached hydrogens (tertiary/aromatic N) is 2. The van der Waals surface area contributed by atoms with Crippen LogP contribution in [0, 0.1) is 5.92 Å². The molecule has 0 radical (unpaired) electrons. The maximum absolute atomic E-state index is 5.42. The summed E-state index contributed by atoms with van der Waals surface area (Å²) >= 11 is 0. The maximum Gasteiger partial charge on any atom is 0.140 e. The smallest absolute Gasteiger partial charge is 0.140 e. The van der Waals surface area contributed by atoms with Gasteiger partial charge in [-0.15, -0.1) is 0 Å². The normalized spacial score (nSPS) is 24.9. The van der Waals surface area contributed by atoms with Gasteiger partial charge < -0.3 is 14.7 Å². The average molecular weight is 297 g/mol. The summed E-state index contributed by atoms with van der Waals surface area (Å²) < 4.78 is 5.42. The lowest BCUT2D eigenvalue weighted by molar-refractivity contribution is 0.371. The minimum atomic E-state index is 0.501. The molecule has 0 spiro atoms. The van der Waals surface area contributed by atoms with Crippen LogP contribution in [0.3, 0.4) is 0 Å². The third kappa shape index (κ3) is 2.88. The highest BCUT2D eigenvalue weighted by Gasteiger charge is 2.30. The molecule has 2 aromatic rings. The lowest BCUT2D eigenvalue weighted by atomic mass is 10.1. The van der Waals surface area contributed by atoms with E-state index in [1.807, 2.05) is 0 Å².